The third-order valence-electron chi connectivity index (χ3n) is 4.57. The third kappa shape index (κ3) is 4.52. The second-order valence-corrected chi connectivity index (χ2v) is 6.14. The predicted octanol–water partition coefficient (Wildman–Crippen LogP) is 4.94. The quantitative estimate of drug-likeness (QED) is 0.438. The molecule has 7 heteroatoms. The number of hydrogen-bond acceptors (Lipinski definition) is 6. The van der Waals surface area contributed by atoms with Crippen LogP contribution >= 0.6 is 0 Å². The van der Waals surface area contributed by atoms with Gasteiger partial charge in [-0.15, -0.1) is 0 Å². The lowest BCUT2D eigenvalue weighted by molar-refractivity contribution is 0.109. The molecule has 2 aromatic heterocycles. The molecule has 0 amide bonds. The Hall–Kier alpha value is -3.58. The van der Waals surface area contributed by atoms with Crippen LogP contribution in [0.15, 0.2) is 45.2 Å². The Bertz CT molecular complexity index is 1060. The molecule has 30 heavy (non-hydrogen) atoms. The minimum atomic E-state index is 0. The molecule has 0 bridgehead atoms. The van der Waals surface area contributed by atoms with Gasteiger partial charge in [0.05, 0.1) is 14.2 Å². The summed E-state index contributed by atoms with van der Waals surface area (Å²) >= 11 is 0. The van der Waals surface area contributed by atoms with Crippen LogP contribution in [0.25, 0.3) is 21.9 Å². The summed E-state index contributed by atoms with van der Waals surface area (Å²) < 4.78 is 20.8. The van der Waals surface area contributed by atoms with Crippen LogP contribution in [0.1, 0.15) is 39.7 Å². The molecule has 0 radical (unpaired) electrons. The van der Waals surface area contributed by atoms with Crippen molar-refractivity contribution in [2.24, 2.45) is 0 Å². The van der Waals surface area contributed by atoms with Gasteiger partial charge in [0.15, 0.2) is 24.1 Å². The molecule has 0 unspecified atom stereocenters. The molecule has 0 aliphatic carbocycles. The predicted molar refractivity (Wildman–Crippen MR) is 116 cm³/mol. The van der Waals surface area contributed by atoms with E-state index in [4.69, 9.17) is 18.3 Å². The van der Waals surface area contributed by atoms with Gasteiger partial charge in [0.25, 0.3) is 0 Å². The maximum absolute atomic E-state index is 10.6. The summed E-state index contributed by atoms with van der Waals surface area (Å²) in [5.41, 5.74) is 3.14. The number of fused-ring (bicyclic) bond motifs is 2. The van der Waals surface area contributed by atoms with Crippen molar-refractivity contribution in [2.75, 3.05) is 14.2 Å². The Labute approximate surface area is 174 Å². The molecule has 0 fully saturated rings. The second-order valence-electron chi connectivity index (χ2n) is 6.14. The van der Waals surface area contributed by atoms with Gasteiger partial charge < -0.3 is 23.8 Å². The van der Waals surface area contributed by atoms with Gasteiger partial charge in [-0.05, 0) is 50.2 Å². The van der Waals surface area contributed by atoms with Crippen LogP contribution in [0, 0.1) is 13.8 Å². The number of ether oxygens (including phenoxy) is 2. The topological polar surface area (TPSA) is 110 Å². The number of rotatable bonds is 4. The van der Waals surface area contributed by atoms with Gasteiger partial charge in [0.1, 0.15) is 22.7 Å². The van der Waals surface area contributed by atoms with Crippen LogP contribution in [-0.2, 0) is 0 Å². The highest BCUT2D eigenvalue weighted by molar-refractivity contribution is 5.91. The van der Waals surface area contributed by atoms with Crippen molar-refractivity contribution in [3.8, 4) is 11.5 Å². The highest BCUT2D eigenvalue weighted by Gasteiger charge is 2.10. The standard InChI is InChI=1S/2C11H10O3.CH4.H2O/c2*1-7-9-5-8(13-2)3-4-10(9)14-11(7)6-12;;/h2*3-6H,1-2H3;1H4;1H2. The zero-order valence-electron chi connectivity index (χ0n) is 16.6. The van der Waals surface area contributed by atoms with Gasteiger partial charge >= 0.3 is 0 Å². The normalized spacial score (nSPS) is 9.73. The van der Waals surface area contributed by atoms with Gasteiger partial charge in [0.2, 0.25) is 0 Å². The van der Waals surface area contributed by atoms with Crippen LogP contribution in [-0.4, -0.2) is 32.3 Å². The van der Waals surface area contributed by atoms with Gasteiger partial charge in [-0.2, -0.15) is 0 Å². The van der Waals surface area contributed by atoms with E-state index in [-0.39, 0.29) is 12.9 Å². The first-order chi connectivity index (χ1) is 13.5. The van der Waals surface area contributed by atoms with Gasteiger partial charge in [-0.3, -0.25) is 9.59 Å². The number of hydrogen-bond donors (Lipinski definition) is 0. The largest absolute Gasteiger partial charge is 0.497 e. The number of benzene rings is 2. The Kier molecular flexibility index (Phi) is 8.37. The molecule has 160 valence electrons. The van der Waals surface area contributed by atoms with Crippen LogP contribution in [0.3, 0.4) is 0 Å². The molecule has 0 aliphatic rings. The Morgan fingerprint density at radius 3 is 1.40 bits per heavy atom. The van der Waals surface area contributed by atoms with Gasteiger partial charge in [0, 0.05) is 21.9 Å². The summed E-state index contributed by atoms with van der Waals surface area (Å²) in [7, 11) is 3.22. The van der Waals surface area contributed by atoms with Crippen molar-refractivity contribution in [1.82, 2.24) is 0 Å². The SMILES string of the molecule is C.COc1ccc2oc(C=O)c(C)c2c1.COc1ccc2oc(C=O)c(C)c2c1.O. The van der Waals surface area contributed by atoms with Crippen molar-refractivity contribution in [3.05, 3.63) is 59.0 Å². The fourth-order valence-electron chi connectivity index (χ4n) is 2.92. The summed E-state index contributed by atoms with van der Waals surface area (Å²) in [5.74, 6) is 2.29. The Balaban J connectivity index is 0.000000281. The molecule has 0 saturated heterocycles. The van der Waals surface area contributed by atoms with E-state index in [0.717, 1.165) is 46.0 Å². The van der Waals surface area contributed by atoms with Crippen LogP contribution < -0.4 is 9.47 Å². The molecule has 2 heterocycles. The average molecular weight is 414 g/mol. The number of aldehydes is 2. The fraction of sp³-hybridized carbons (Fsp3) is 0.217. The summed E-state index contributed by atoms with van der Waals surface area (Å²) in [6.45, 7) is 3.71. The van der Waals surface area contributed by atoms with E-state index in [2.05, 4.69) is 0 Å². The van der Waals surface area contributed by atoms with Crippen LogP contribution in [0.4, 0.5) is 0 Å². The van der Waals surface area contributed by atoms with Crippen molar-refractivity contribution in [3.63, 3.8) is 0 Å². The Morgan fingerprint density at radius 1 is 0.733 bits per heavy atom. The van der Waals surface area contributed by atoms with Crippen molar-refractivity contribution in [2.45, 2.75) is 21.3 Å². The number of carbonyl (C=O) groups excluding carboxylic acids is 2. The number of aryl methyl sites for hydroxylation is 2. The molecule has 0 saturated carbocycles. The van der Waals surface area contributed by atoms with Crippen molar-refractivity contribution in [1.29, 1.82) is 0 Å². The molecule has 7 nitrogen and oxygen atoms in total. The fourth-order valence-corrected chi connectivity index (χ4v) is 2.92. The minimum absolute atomic E-state index is 0. The van der Waals surface area contributed by atoms with Crippen molar-refractivity contribution >= 4 is 34.5 Å². The van der Waals surface area contributed by atoms with Crippen LogP contribution in [0.2, 0.25) is 0 Å². The molecular formula is C23H26O7. The lowest BCUT2D eigenvalue weighted by Crippen LogP contribution is -1.81. The summed E-state index contributed by atoms with van der Waals surface area (Å²) in [5, 5.41) is 1.85. The first kappa shape index (κ1) is 24.5. The van der Waals surface area contributed by atoms with E-state index in [1.807, 2.05) is 26.0 Å². The molecule has 2 aromatic carbocycles. The van der Waals surface area contributed by atoms with E-state index < -0.39 is 0 Å². The molecule has 4 rings (SSSR count). The number of furan rings is 2. The maximum Gasteiger partial charge on any atom is 0.185 e. The first-order valence-electron chi connectivity index (χ1n) is 8.57. The van der Waals surface area contributed by atoms with Crippen molar-refractivity contribution < 1.29 is 33.4 Å². The van der Waals surface area contributed by atoms with Gasteiger partial charge in [-0.1, -0.05) is 7.43 Å². The van der Waals surface area contributed by atoms with Gasteiger partial charge in [-0.25, -0.2) is 0 Å². The number of carbonyl (C=O) groups is 2. The average Bonchev–Trinajstić information content (AvgIpc) is 3.24. The summed E-state index contributed by atoms with van der Waals surface area (Å²) in [6.07, 6.45) is 1.45. The van der Waals surface area contributed by atoms with Crippen LogP contribution in [0.5, 0.6) is 11.5 Å². The third-order valence-corrected chi connectivity index (χ3v) is 4.57. The molecule has 2 N–H and O–H groups in total. The smallest absolute Gasteiger partial charge is 0.185 e. The molecular weight excluding hydrogens is 388 g/mol. The van der Waals surface area contributed by atoms with E-state index >= 15 is 0 Å². The monoisotopic (exact) mass is 414 g/mol. The highest BCUT2D eigenvalue weighted by atomic mass is 16.5. The lowest BCUT2D eigenvalue weighted by atomic mass is 10.1. The Morgan fingerprint density at radius 2 is 1.10 bits per heavy atom. The van der Waals surface area contributed by atoms with E-state index in [9.17, 15) is 9.59 Å². The van der Waals surface area contributed by atoms with E-state index in [1.165, 1.54) is 0 Å². The highest BCUT2D eigenvalue weighted by Crippen LogP contribution is 2.28. The number of methoxy groups -OCH3 is 2. The lowest BCUT2D eigenvalue weighted by Gasteiger charge is -1.97. The zero-order chi connectivity index (χ0) is 20.3. The molecule has 0 atom stereocenters. The summed E-state index contributed by atoms with van der Waals surface area (Å²) in [6, 6.07) is 10.9. The second kappa shape index (κ2) is 10.3. The molecule has 0 aliphatic heterocycles. The van der Waals surface area contributed by atoms with E-state index in [1.54, 1.807) is 38.5 Å². The maximum atomic E-state index is 10.6. The molecule has 4 aromatic rings. The molecule has 0 spiro atoms. The summed E-state index contributed by atoms with van der Waals surface area (Å²) in [4.78, 5) is 21.3. The van der Waals surface area contributed by atoms with E-state index in [0.29, 0.717) is 22.7 Å². The minimum Gasteiger partial charge on any atom is -0.497 e. The zero-order valence-corrected chi connectivity index (χ0v) is 16.6. The first-order valence-corrected chi connectivity index (χ1v) is 8.57.